The van der Waals surface area contributed by atoms with Gasteiger partial charge in [0.25, 0.3) is 11.8 Å². The normalized spacial score (nSPS) is 16.2. The lowest BCUT2D eigenvalue weighted by atomic mass is 10.1. The zero-order chi connectivity index (χ0) is 23.0. The maximum atomic E-state index is 12.7. The molecule has 2 heterocycles. The molecule has 0 atom stereocenters. The van der Waals surface area contributed by atoms with Crippen LogP contribution in [0.25, 0.3) is 0 Å². The molecule has 2 saturated heterocycles. The molecule has 2 aromatic carbocycles. The zero-order valence-corrected chi connectivity index (χ0v) is 18.7. The van der Waals surface area contributed by atoms with Crippen LogP contribution in [0.1, 0.15) is 40.0 Å². The highest BCUT2D eigenvalue weighted by Crippen LogP contribution is 2.17. The van der Waals surface area contributed by atoms with Gasteiger partial charge in [0.2, 0.25) is 5.91 Å². The van der Waals surface area contributed by atoms with Crippen molar-refractivity contribution in [2.45, 2.75) is 19.3 Å². The van der Waals surface area contributed by atoms with Crippen LogP contribution >= 0.6 is 0 Å². The number of rotatable bonds is 6. The number of ether oxygens (including phenoxy) is 1. The number of nitrogens with zero attached hydrogens (tertiary/aromatic N) is 2. The lowest BCUT2D eigenvalue weighted by Gasteiger charge is -2.27. The number of hydrogen-bond acceptors (Lipinski definition) is 5. The van der Waals surface area contributed by atoms with Gasteiger partial charge >= 0.3 is 0 Å². The number of likely N-dealkylation sites (tertiary alicyclic amines) is 1. The SMILES string of the molecule is O=C(CNc1cccc(C(=O)N2CCCCC2)c1)Nc1ccc(C(=O)N2CCOCC2)cc1. The van der Waals surface area contributed by atoms with Crippen LogP contribution < -0.4 is 10.6 Å². The first-order valence-corrected chi connectivity index (χ1v) is 11.5. The Morgan fingerprint density at radius 1 is 0.758 bits per heavy atom. The number of carbonyl (C=O) groups is 3. The molecule has 2 aromatic rings. The molecule has 2 aliphatic rings. The summed E-state index contributed by atoms with van der Waals surface area (Å²) in [4.78, 5) is 41.2. The average Bonchev–Trinajstić information content (AvgIpc) is 2.88. The van der Waals surface area contributed by atoms with Crippen LogP contribution in [0.15, 0.2) is 48.5 Å². The van der Waals surface area contributed by atoms with Gasteiger partial charge in [0, 0.05) is 48.7 Å². The Balaban J connectivity index is 1.28. The van der Waals surface area contributed by atoms with Crippen molar-refractivity contribution in [3.05, 3.63) is 59.7 Å². The number of carbonyl (C=O) groups excluding carboxylic acids is 3. The first-order chi connectivity index (χ1) is 16.1. The fraction of sp³-hybridized carbons (Fsp3) is 0.400. The minimum Gasteiger partial charge on any atom is -0.378 e. The molecule has 2 aliphatic heterocycles. The van der Waals surface area contributed by atoms with Crippen molar-refractivity contribution in [1.29, 1.82) is 0 Å². The van der Waals surface area contributed by atoms with E-state index in [2.05, 4.69) is 10.6 Å². The third kappa shape index (κ3) is 6.10. The quantitative estimate of drug-likeness (QED) is 0.706. The summed E-state index contributed by atoms with van der Waals surface area (Å²) in [5, 5.41) is 5.91. The molecule has 174 valence electrons. The molecule has 0 unspecified atom stereocenters. The van der Waals surface area contributed by atoms with Crippen molar-refractivity contribution >= 4 is 29.1 Å². The molecule has 8 heteroatoms. The maximum Gasteiger partial charge on any atom is 0.254 e. The molecular weight excluding hydrogens is 420 g/mol. The molecule has 4 rings (SSSR count). The van der Waals surface area contributed by atoms with Gasteiger partial charge in [0.1, 0.15) is 0 Å². The van der Waals surface area contributed by atoms with Gasteiger partial charge in [-0.15, -0.1) is 0 Å². The summed E-state index contributed by atoms with van der Waals surface area (Å²) < 4.78 is 5.28. The van der Waals surface area contributed by atoms with Crippen LogP contribution in [-0.4, -0.2) is 73.5 Å². The summed E-state index contributed by atoms with van der Waals surface area (Å²) in [6, 6.07) is 14.1. The number of piperidine rings is 1. The minimum atomic E-state index is -0.213. The Morgan fingerprint density at radius 3 is 2.15 bits per heavy atom. The molecule has 0 bridgehead atoms. The monoisotopic (exact) mass is 450 g/mol. The summed E-state index contributed by atoms with van der Waals surface area (Å²) >= 11 is 0. The molecule has 33 heavy (non-hydrogen) atoms. The van der Waals surface area contributed by atoms with Gasteiger partial charge in [-0.05, 0) is 61.7 Å². The van der Waals surface area contributed by atoms with E-state index in [9.17, 15) is 14.4 Å². The predicted molar refractivity (Wildman–Crippen MR) is 126 cm³/mol. The Labute approximate surface area is 193 Å². The molecule has 0 radical (unpaired) electrons. The second-order valence-electron chi connectivity index (χ2n) is 8.32. The molecule has 0 aliphatic carbocycles. The van der Waals surface area contributed by atoms with Crippen LogP contribution in [0.3, 0.4) is 0 Å². The van der Waals surface area contributed by atoms with Gasteiger partial charge in [-0.3, -0.25) is 14.4 Å². The lowest BCUT2D eigenvalue weighted by molar-refractivity contribution is -0.114. The van der Waals surface area contributed by atoms with Gasteiger partial charge in [0.05, 0.1) is 19.8 Å². The average molecular weight is 451 g/mol. The molecule has 0 saturated carbocycles. The number of nitrogens with one attached hydrogen (secondary N) is 2. The van der Waals surface area contributed by atoms with Crippen molar-refractivity contribution in [2.75, 3.05) is 56.6 Å². The third-order valence-electron chi connectivity index (χ3n) is 5.92. The molecule has 2 N–H and O–H groups in total. The van der Waals surface area contributed by atoms with Crippen molar-refractivity contribution in [3.8, 4) is 0 Å². The summed E-state index contributed by atoms with van der Waals surface area (Å²) in [5.74, 6) is -0.207. The Hall–Kier alpha value is -3.39. The van der Waals surface area contributed by atoms with E-state index in [-0.39, 0.29) is 24.3 Å². The van der Waals surface area contributed by atoms with Crippen LogP contribution in [0.5, 0.6) is 0 Å². The topological polar surface area (TPSA) is 91.0 Å². The second kappa shape index (κ2) is 11.0. The van der Waals surface area contributed by atoms with E-state index < -0.39 is 0 Å². The summed E-state index contributed by atoms with van der Waals surface area (Å²) in [7, 11) is 0. The Morgan fingerprint density at radius 2 is 1.42 bits per heavy atom. The highest BCUT2D eigenvalue weighted by Gasteiger charge is 2.19. The van der Waals surface area contributed by atoms with Gasteiger partial charge < -0.3 is 25.2 Å². The Bertz CT molecular complexity index is 980. The largest absolute Gasteiger partial charge is 0.378 e. The second-order valence-corrected chi connectivity index (χ2v) is 8.32. The van der Waals surface area contributed by atoms with Gasteiger partial charge in [-0.1, -0.05) is 6.07 Å². The van der Waals surface area contributed by atoms with Crippen molar-refractivity contribution in [1.82, 2.24) is 9.80 Å². The van der Waals surface area contributed by atoms with Gasteiger partial charge in [0.15, 0.2) is 0 Å². The van der Waals surface area contributed by atoms with Gasteiger partial charge in [-0.2, -0.15) is 0 Å². The third-order valence-corrected chi connectivity index (χ3v) is 5.92. The van der Waals surface area contributed by atoms with Crippen molar-refractivity contribution in [3.63, 3.8) is 0 Å². The van der Waals surface area contributed by atoms with E-state index in [0.29, 0.717) is 43.1 Å². The van der Waals surface area contributed by atoms with E-state index in [1.807, 2.05) is 23.1 Å². The van der Waals surface area contributed by atoms with Crippen molar-refractivity contribution in [2.24, 2.45) is 0 Å². The number of amides is 3. The predicted octanol–water partition coefficient (Wildman–Crippen LogP) is 2.84. The first-order valence-electron chi connectivity index (χ1n) is 11.5. The molecule has 3 amide bonds. The molecule has 0 spiro atoms. The molecule has 2 fully saturated rings. The van der Waals surface area contributed by atoms with Crippen molar-refractivity contribution < 1.29 is 19.1 Å². The van der Waals surface area contributed by atoms with Crippen LogP contribution in [0, 0.1) is 0 Å². The number of benzene rings is 2. The standard InChI is InChI=1S/C25H30N4O4/c30-23(27-21-9-7-19(8-10-21)24(31)29-13-15-33-16-14-29)18-26-22-6-4-5-20(17-22)25(32)28-11-2-1-3-12-28/h4-10,17,26H,1-3,11-16,18H2,(H,27,30). The molecular formula is C25H30N4O4. The van der Waals surface area contributed by atoms with E-state index >= 15 is 0 Å². The summed E-state index contributed by atoms with van der Waals surface area (Å²) in [6.07, 6.45) is 3.27. The fourth-order valence-corrected chi connectivity index (χ4v) is 4.07. The highest BCUT2D eigenvalue weighted by molar-refractivity contribution is 5.97. The highest BCUT2D eigenvalue weighted by atomic mass is 16.5. The van der Waals surface area contributed by atoms with Gasteiger partial charge in [-0.25, -0.2) is 0 Å². The molecule has 0 aromatic heterocycles. The zero-order valence-electron chi connectivity index (χ0n) is 18.7. The number of hydrogen-bond donors (Lipinski definition) is 2. The molecule has 8 nitrogen and oxygen atoms in total. The van der Waals surface area contributed by atoms with E-state index in [1.165, 1.54) is 6.42 Å². The minimum absolute atomic E-state index is 0.0307. The van der Waals surface area contributed by atoms with E-state index in [1.54, 1.807) is 35.2 Å². The maximum absolute atomic E-state index is 12.7. The first kappa shape index (κ1) is 22.8. The smallest absolute Gasteiger partial charge is 0.254 e. The number of morpholine rings is 1. The fourth-order valence-electron chi connectivity index (χ4n) is 4.07. The van der Waals surface area contributed by atoms with Crippen LogP contribution in [0.4, 0.5) is 11.4 Å². The van der Waals surface area contributed by atoms with Crippen LogP contribution in [0.2, 0.25) is 0 Å². The lowest BCUT2D eigenvalue weighted by Crippen LogP contribution is -2.40. The summed E-state index contributed by atoms with van der Waals surface area (Å²) in [5.41, 5.74) is 2.56. The Kier molecular flexibility index (Phi) is 7.57. The summed E-state index contributed by atoms with van der Waals surface area (Å²) in [6.45, 7) is 3.97. The van der Waals surface area contributed by atoms with E-state index in [4.69, 9.17) is 4.74 Å². The number of anilines is 2. The van der Waals surface area contributed by atoms with Crippen LogP contribution in [-0.2, 0) is 9.53 Å². The van der Waals surface area contributed by atoms with E-state index in [0.717, 1.165) is 31.6 Å².